The zero-order valence-electron chi connectivity index (χ0n) is 11.1. The van der Waals surface area contributed by atoms with Crippen molar-refractivity contribution >= 4 is 0 Å². The normalized spacial score (nSPS) is 19.2. The van der Waals surface area contributed by atoms with Crippen LogP contribution in [0.3, 0.4) is 0 Å². The Labute approximate surface area is 109 Å². The predicted molar refractivity (Wildman–Crippen MR) is 72.5 cm³/mol. The van der Waals surface area contributed by atoms with Gasteiger partial charge in [0.15, 0.2) is 0 Å². The second kappa shape index (κ2) is 6.32. The Balaban J connectivity index is 1.96. The lowest BCUT2D eigenvalue weighted by Gasteiger charge is -2.34. The van der Waals surface area contributed by atoms with Crippen molar-refractivity contribution in [1.29, 1.82) is 0 Å². The summed E-state index contributed by atoms with van der Waals surface area (Å²) in [7, 11) is 1.90. The van der Waals surface area contributed by atoms with E-state index in [9.17, 15) is 5.11 Å². The smallest absolute Gasteiger partial charge is 0.0688 e. The Kier molecular flexibility index (Phi) is 4.75. The third kappa shape index (κ3) is 2.91. The number of benzene rings is 1. The van der Waals surface area contributed by atoms with Gasteiger partial charge in [0.2, 0.25) is 0 Å². The summed E-state index contributed by atoms with van der Waals surface area (Å²) in [4.78, 5) is 0. The summed E-state index contributed by atoms with van der Waals surface area (Å²) in [5, 5.41) is 13.0. The molecule has 1 unspecified atom stereocenters. The highest BCUT2D eigenvalue weighted by Crippen LogP contribution is 2.27. The minimum atomic E-state index is -0.384. The quantitative estimate of drug-likeness (QED) is 0.777. The Morgan fingerprint density at radius 3 is 2.56 bits per heavy atom. The van der Waals surface area contributed by atoms with E-state index in [1.54, 1.807) is 0 Å². The van der Waals surface area contributed by atoms with Crippen molar-refractivity contribution in [2.24, 2.45) is 0 Å². The summed E-state index contributed by atoms with van der Waals surface area (Å²) in [6.07, 6.45) is 4.92. The maximum absolute atomic E-state index is 9.75. The fourth-order valence-corrected chi connectivity index (χ4v) is 2.36. The molecule has 100 valence electrons. The summed E-state index contributed by atoms with van der Waals surface area (Å²) in [5.74, 6) is 0. The zero-order chi connectivity index (χ0) is 12.8. The molecule has 18 heavy (non-hydrogen) atoms. The lowest BCUT2D eigenvalue weighted by Crippen LogP contribution is -2.44. The van der Waals surface area contributed by atoms with Gasteiger partial charge in [0.25, 0.3) is 0 Å². The minimum Gasteiger partial charge on any atom is -0.394 e. The SMILES string of the molecule is CNC(CO)(CCOC1CCC1)c1ccccc1. The van der Waals surface area contributed by atoms with Crippen LogP contribution in [0.2, 0.25) is 0 Å². The first kappa shape index (κ1) is 13.5. The molecule has 0 amide bonds. The van der Waals surface area contributed by atoms with Gasteiger partial charge in [0, 0.05) is 6.61 Å². The summed E-state index contributed by atoms with van der Waals surface area (Å²) >= 11 is 0. The van der Waals surface area contributed by atoms with Gasteiger partial charge in [-0.25, -0.2) is 0 Å². The van der Waals surface area contributed by atoms with E-state index in [2.05, 4.69) is 17.4 Å². The number of aliphatic hydroxyl groups is 1. The van der Waals surface area contributed by atoms with Crippen molar-refractivity contribution in [3.63, 3.8) is 0 Å². The molecule has 1 fully saturated rings. The molecule has 0 aliphatic heterocycles. The van der Waals surface area contributed by atoms with E-state index < -0.39 is 0 Å². The summed E-state index contributed by atoms with van der Waals surface area (Å²) in [6, 6.07) is 10.1. The van der Waals surface area contributed by atoms with Crippen molar-refractivity contribution in [3.05, 3.63) is 35.9 Å². The molecular weight excluding hydrogens is 226 g/mol. The maximum Gasteiger partial charge on any atom is 0.0688 e. The van der Waals surface area contributed by atoms with Crippen LogP contribution < -0.4 is 5.32 Å². The van der Waals surface area contributed by atoms with Gasteiger partial charge in [0.05, 0.1) is 18.2 Å². The van der Waals surface area contributed by atoms with Gasteiger partial charge in [0.1, 0.15) is 0 Å². The predicted octanol–water partition coefficient (Wildman–Crippen LogP) is 2.05. The van der Waals surface area contributed by atoms with Crippen LogP contribution in [0.15, 0.2) is 30.3 Å². The van der Waals surface area contributed by atoms with Gasteiger partial charge >= 0.3 is 0 Å². The molecule has 1 aliphatic carbocycles. The Morgan fingerprint density at radius 1 is 1.33 bits per heavy atom. The number of ether oxygens (including phenoxy) is 1. The molecular formula is C15H23NO2. The van der Waals surface area contributed by atoms with Crippen LogP contribution in [-0.2, 0) is 10.3 Å². The molecule has 1 atom stereocenters. The highest BCUT2D eigenvalue weighted by atomic mass is 16.5. The van der Waals surface area contributed by atoms with E-state index in [-0.39, 0.29) is 12.1 Å². The summed E-state index contributed by atoms with van der Waals surface area (Å²) < 4.78 is 5.81. The first-order valence-electron chi connectivity index (χ1n) is 6.77. The van der Waals surface area contributed by atoms with Gasteiger partial charge in [-0.1, -0.05) is 30.3 Å². The number of likely N-dealkylation sites (N-methyl/N-ethyl adjacent to an activating group) is 1. The average molecular weight is 249 g/mol. The second-order valence-electron chi connectivity index (χ2n) is 5.03. The fraction of sp³-hybridized carbons (Fsp3) is 0.600. The van der Waals surface area contributed by atoms with E-state index >= 15 is 0 Å². The van der Waals surface area contributed by atoms with E-state index in [4.69, 9.17) is 4.74 Å². The number of rotatable bonds is 7. The molecule has 0 bridgehead atoms. The molecule has 1 saturated carbocycles. The fourth-order valence-electron chi connectivity index (χ4n) is 2.36. The van der Waals surface area contributed by atoms with E-state index in [0.717, 1.165) is 12.0 Å². The van der Waals surface area contributed by atoms with Crippen LogP contribution >= 0.6 is 0 Å². The topological polar surface area (TPSA) is 41.5 Å². The van der Waals surface area contributed by atoms with E-state index in [0.29, 0.717) is 12.7 Å². The van der Waals surface area contributed by atoms with Crippen LogP contribution in [-0.4, -0.2) is 31.5 Å². The second-order valence-corrected chi connectivity index (χ2v) is 5.03. The molecule has 0 saturated heterocycles. The van der Waals surface area contributed by atoms with E-state index in [1.807, 2.05) is 25.2 Å². The van der Waals surface area contributed by atoms with Crippen LogP contribution in [0.1, 0.15) is 31.2 Å². The first-order chi connectivity index (χ1) is 8.80. The molecule has 0 heterocycles. The van der Waals surface area contributed by atoms with Crippen molar-refractivity contribution in [1.82, 2.24) is 5.32 Å². The standard InChI is InChI=1S/C15H23NO2/c1-16-15(12-17,13-6-3-2-4-7-13)10-11-18-14-8-5-9-14/h2-4,6-7,14,16-17H,5,8-12H2,1H3. The van der Waals surface area contributed by atoms with Crippen LogP contribution in [0.5, 0.6) is 0 Å². The molecule has 2 N–H and O–H groups in total. The zero-order valence-corrected chi connectivity index (χ0v) is 11.1. The Bertz CT molecular complexity index is 345. The molecule has 2 rings (SSSR count). The van der Waals surface area contributed by atoms with Crippen molar-refractivity contribution < 1.29 is 9.84 Å². The van der Waals surface area contributed by atoms with E-state index in [1.165, 1.54) is 19.3 Å². The Morgan fingerprint density at radius 2 is 2.06 bits per heavy atom. The lowest BCUT2D eigenvalue weighted by molar-refractivity contribution is -0.0128. The minimum absolute atomic E-state index is 0.0849. The highest BCUT2D eigenvalue weighted by Gasteiger charge is 2.30. The maximum atomic E-state index is 9.75. The molecule has 1 aromatic rings. The van der Waals surface area contributed by atoms with Gasteiger partial charge in [-0.15, -0.1) is 0 Å². The van der Waals surface area contributed by atoms with Crippen molar-refractivity contribution in [3.8, 4) is 0 Å². The van der Waals surface area contributed by atoms with Crippen LogP contribution in [0, 0.1) is 0 Å². The number of hydrogen-bond donors (Lipinski definition) is 2. The Hall–Kier alpha value is -0.900. The summed E-state index contributed by atoms with van der Waals surface area (Å²) in [6.45, 7) is 0.780. The molecule has 0 radical (unpaired) electrons. The monoisotopic (exact) mass is 249 g/mol. The van der Waals surface area contributed by atoms with Crippen LogP contribution in [0.4, 0.5) is 0 Å². The van der Waals surface area contributed by atoms with Crippen molar-refractivity contribution in [2.75, 3.05) is 20.3 Å². The average Bonchev–Trinajstić information content (AvgIpc) is 2.39. The largest absolute Gasteiger partial charge is 0.394 e. The third-order valence-corrected chi connectivity index (χ3v) is 4.01. The van der Waals surface area contributed by atoms with Gasteiger partial charge in [-0.3, -0.25) is 0 Å². The third-order valence-electron chi connectivity index (χ3n) is 4.01. The van der Waals surface area contributed by atoms with Gasteiger partial charge < -0.3 is 15.2 Å². The van der Waals surface area contributed by atoms with Crippen LogP contribution in [0.25, 0.3) is 0 Å². The lowest BCUT2D eigenvalue weighted by atomic mass is 9.87. The summed E-state index contributed by atoms with van der Waals surface area (Å²) in [5.41, 5.74) is 0.734. The van der Waals surface area contributed by atoms with Gasteiger partial charge in [-0.05, 0) is 38.3 Å². The molecule has 3 heteroatoms. The van der Waals surface area contributed by atoms with Gasteiger partial charge in [-0.2, -0.15) is 0 Å². The first-order valence-corrected chi connectivity index (χ1v) is 6.77. The number of hydrogen-bond acceptors (Lipinski definition) is 3. The molecule has 0 spiro atoms. The molecule has 1 aromatic carbocycles. The molecule has 1 aliphatic rings. The van der Waals surface area contributed by atoms with Crippen molar-refractivity contribution in [2.45, 2.75) is 37.3 Å². The molecule has 3 nitrogen and oxygen atoms in total. The highest BCUT2D eigenvalue weighted by molar-refractivity contribution is 5.24. The molecule has 0 aromatic heterocycles. The number of nitrogens with one attached hydrogen (secondary N) is 1. The number of aliphatic hydroxyl groups excluding tert-OH is 1.